The Kier molecular flexibility index (Phi) is 4.82. The summed E-state index contributed by atoms with van der Waals surface area (Å²) in [7, 11) is 0. The summed E-state index contributed by atoms with van der Waals surface area (Å²) in [5.74, 6) is 4.84. The summed E-state index contributed by atoms with van der Waals surface area (Å²) < 4.78 is 0. The van der Waals surface area contributed by atoms with Crippen LogP contribution in [0.5, 0.6) is 0 Å². The van der Waals surface area contributed by atoms with E-state index < -0.39 is 5.91 Å². The number of aliphatic hydroxyl groups excluding tert-OH is 1. The molecule has 0 aliphatic carbocycles. The highest BCUT2D eigenvalue weighted by molar-refractivity contribution is 5.76. The molecule has 0 rings (SSSR count). The van der Waals surface area contributed by atoms with Crippen LogP contribution in [0.3, 0.4) is 0 Å². The predicted molar refractivity (Wildman–Crippen MR) is 44.1 cm³/mol. The van der Waals surface area contributed by atoms with E-state index in [2.05, 4.69) is 0 Å². The van der Waals surface area contributed by atoms with Gasteiger partial charge in [-0.05, 0) is 0 Å². The van der Waals surface area contributed by atoms with Crippen LogP contribution in [0.25, 0.3) is 0 Å². The first-order valence-electron chi connectivity index (χ1n) is 3.44. The van der Waals surface area contributed by atoms with E-state index in [1.807, 2.05) is 0 Å². The molecule has 6 heteroatoms. The number of carbonyl (C=O) groups excluding carboxylic acids is 1. The summed E-state index contributed by atoms with van der Waals surface area (Å²) >= 11 is 0. The molecule has 0 saturated heterocycles. The maximum absolute atomic E-state index is 10.4. The molecule has 0 aromatic carbocycles. The zero-order valence-electron chi connectivity index (χ0n) is 6.73. The van der Waals surface area contributed by atoms with Crippen LogP contribution in [0.2, 0.25) is 0 Å². The summed E-state index contributed by atoms with van der Waals surface area (Å²) in [6, 6.07) is 0. The van der Waals surface area contributed by atoms with Gasteiger partial charge in [0, 0.05) is 24.9 Å². The Morgan fingerprint density at radius 3 is 2.50 bits per heavy atom. The Balaban J connectivity index is 4.03. The summed E-state index contributed by atoms with van der Waals surface area (Å²) in [5, 5.41) is 9.67. The molecule has 0 fully saturated rings. The van der Waals surface area contributed by atoms with Gasteiger partial charge in [0.15, 0.2) is 0 Å². The number of primary amides is 1. The molecular formula is C6H14N4O2. The van der Waals surface area contributed by atoms with Gasteiger partial charge in [0.25, 0.3) is 0 Å². The van der Waals surface area contributed by atoms with Crippen molar-refractivity contribution < 1.29 is 9.90 Å². The summed E-state index contributed by atoms with van der Waals surface area (Å²) in [4.78, 5) is 10.4. The molecule has 0 atom stereocenters. The zero-order valence-corrected chi connectivity index (χ0v) is 6.73. The van der Waals surface area contributed by atoms with Gasteiger partial charge in [-0.1, -0.05) is 0 Å². The third-order valence-corrected chi connectivity index (χ3v) is 1.26. The molecule has 0 bridgehead atoms. The Bertz CT molecular complexity index is 180. The number of hydrogen-bond acceptors (Lipinski definition) is 5. The Labute approximate surface area is 70.6 Å². The molecule has 6 nitrogen and oxygen atoms in total. The van der Waals surface area contributed by atoms with Gasteiger partial charge in [-0.15, -0.1) is 0 Å². The minimum atomic E-state index is -0.546. The normalized spacial score (nSPS) is 11.3. The average Bonchev–Trinajstić information content (AvgIpc) is 1.98. The van der Waals surface area contributed by atoms with E-state index in [9.17, 15) is 4.79 Å². The zero-order chi connectivity index (χ0) is 9.56. The quantitative estimate of drug-likeness (QED) is 0.279. The summed E-state index contributed by atoms with van der Waals surface area (Å²) in [6.45, 7) is -0.182. The molecule has 1 amide bonds. The molecule has 0 aliphatic heterocycles. The highest BCUT2D eigenvalue weighted by atomic mass is 16.3. The number of nitrogens with zero attached hydrogens (tertiary/aromatic N) is 1. The molecule has 70 valence electrons. The molecule has 7 N–H and O–H groups in total. The molecule has 0 aromatic heterocycles. The SMILES string of the molecule is N/C=C(/CCO)N(N)CC(N)=O. The lowest BCUT2D eigenvalue weighted by Crippen LogP contribution is -2.38. The van der Waals surface area contributed by atoms with E-state index in [0.29, 0.717) is 12.1 Å². The van der Waals surface area contributed by atoms with E-state index in [1.165, 1.54) is 6.20 Å². The highest BCUT2D eigenvalue weighted by Gasteiger charge is 2.06. The van der Waals surface area contributed by atoms with Crippen molar-refractivity contribution >= 4 is 5.91 Å². The van der Waals surface area contributed by atoms with Gasteiger partial charge >= 0.3 is 0 Å². The molecule has 0 aromatic rings. The van der Waals surface area contributed by atoms with Crippen molar-refractivity contribution in [2.75, 3.05) is 13.2 Å². The van der Waals surface area contributed by atoms with Gasteiger partial charge in [0.2, 0.25) is 5.91 Å². The highest BCUT2D eigenvalue weighted by Crippen LogP contribution is 2.00. The number of hydrogen-bond donors (Lipinski definition) is 4. The van der Waals surface area contributed by atoms with Crippen molar-refractivity contribution in [3.8, 4) is 0 Å². The van der Waals surface area contributed by atoms with E-state index in [-0.39, 0.29) is 13.2 Å². The number of nitrogens with two attached hydrogens (primary N) is 3. The minimum Gasteiger partial charge on any atom is -0.403 e. The van der Waals surface area contributed by atoms with Crippen molar-refractivity contribution in [1.29, 1.82) is 0 Å². The van der Waals surface area contributed by atoms with Crippen LogP contribution in [0.4, 0.5) is 0 Å². The van der Waals surface area contributed by atoms with Crippen LogP contribution in [0, 0.1) is 0 Å². The molecule has 0 saturated carbocycles. The van der Waals surface area contributed by atoms with E-state index >= 15 is 0 Å². The maximum Gasteiger partial charge on any atom is 0.238 e. The lowest BCUT2D eigenvalue weighted by atomic mass is 10.3. The standard InChI is InChI=1S/C6H14N4O2/c7-3-5(1-2-11)10(9)4-6(8)12/h3,11H,1-2,4,7,9H2,(H2,8,12)/b5-3-. The third kappa shape index (κ3) is 3.79. The van der Waals surface area contributed by atoms with Crippen LogP contribution in [0.15, 0.2) is 11.9 Å². The molecule has 12 heavy (non-hydrogen) atoms. The average molecular weight is 174 g/mol. The lowest BCUT2D eigenvalue weighted by molar-refractivity contribution is -0.118. The van der Waals surface area contributed by atoms with Crippen molar-refractivity contribution in [3.63, 3.8) is 0 Å². The van der Waals surface area contributed by atoms with Crippen LogP contribution < -0.4 is 17.3 Å². The number of hydrazine groups is 1. The molecule has 0 heterocycles. The van der Waals surface area contributed by atoms with Gasteiger partial charge in [0.1, 0.15) is 6.54 Å². The monoisotopic (exact) mass is 174 g/mol. The molecule has 0 radical (unpaired) electrons. The molecule has 0 aliphatic rings. The number of carbonyl (C=O) groups is 1. The third-order valence-electron chi connectivity index (χ3n) is 1.26. The topological polar surface area (TPSA) is 119 Å². The Morgan fingerprint density at radius 2 is 2.17 bits per heavy atom. The fourth-order valence-electron chi connectivity index (χ4n) is 0.707. The summed E-state index contributed by atoms with van der Waals surface area (Å²) in [6.07, 6.45) is 1.54. The second-order valence-electron chi connectivity index (χ2n) is 2.23. The van der Waals surface area contributed by atoms with Crippen LogP contribution in [0.1, 0.15) is 6.42 Å². The first-order chi connectivity index (χ1) is 5.61. The summed E-state index contributed by atoms with van der Waals surface area (Å²) in [5.41, 5.74) is 10.6. The van der Waals surface area contributed by atoms with Gasteiger partial charge in [-0.3, -0.25) is 4.79 Å². The minimum absolute atomic E-state index is 0.0739. The Morgan fingerprint density at radius 1 is 1.58 bits per heavy atom. The number of amides is 1. The van der Waals surface area contributed by atoms with Gasteiger partial charge in [-0.2, -0.15) is 0 Å². The predicted octanol–water partition coefficient (Wildman–Crippen LogP) is -2.17. The Hall–Kier alpha value is -1.27. The van der Waals surface area contributed by atoms with Crippen molar-refractivity contribution in [2.45, 2.75) is 6.42 Å². The van der Waals surface area contributed by atoms with Crippen molar-refractivity contribution in [1.82, 2.24) is 5.01 Å². The van der Waals surface area contributed by atoms with Gasteiger partial charge in [0.05, 0.1) is 0 Å². The van der Waals surface area contributed by atoms with E-state index in [0.717, 1.165) is 5.01 Å². The fraction of sp³-hybridized carbons (Fsp3) is 0.500. The molecule has 0 spiro atoms. The molecular weight excluding hydrogens is 160 g/mol. The van der Waals surface area contributed by atoms with E-state index in [1.54, 1.807) is 0 Å². The van der Waals surface area contributed by atoms with Gasteiger partial charge < -0.3 is 21.6 Å². The van der Waals surface area contributed by atoms with Crippen LogP contribution in [-0.2, 0) is 4.79 Å². The largest absolute Gasteiger partial charge is 0.403 e. The van der Waals surface area contributed by atoms with Crippen molar-refractivity contribution in [3.05, 3.63) is 11.9 Å². The smallest absolute Gasteiger partial charge is 0.238 e. The second-order valence-corrected chi connectivity index (χ2v) is 2.23. The number of aliphatic hydroxyl groups is 1. The van der Waals surface area contributed by atoms with Gasteiger partial charge in [-0.25, -0.2) is 5.84 Å². The first-order valence-corrected chi connectivity index (χ1v) is 3.44. The second kappa shape index (κ2) is 5.39. The lowest BCUT2D eigenvalue weighted by Gasteiger charge is -2.18. The first kappa shape index (κ1) is 10.7. The molecule has 0 unspecified atom stereocenters. The van der Waals surface area contributed by atoms with Crippen LogP contribution in [-0.4, -0.2) is 29.2 Å². The van der Waals surface area contributed by atoms with E-state index in [4.69, 9.17) is 22.4 Å². The fourth-order valence-corrected chi connectivity index (χ4v) is 0.707. The maximum atomic E-state index is 10.4. The van der Waals surface area contributed by atoms with Crippen LogP contribution >= 0.6 is 0 Å². The number of rotatable bonds is 5. The van der Waals surface area contributed by atoms with Crippen molar-refractivity contribution in [2.24, 2.45) is 17.3 Å².